The van der Waals surface area contributed by atoms with Crippen LogP contribution < -0.4 is 30.4 Å². The SMILES string of the molecule is CC(C)(C)c1cc(-c2cccc3c4ccccc4c4ccc(C(C)(C)C)cc4c4cccc5c4n(c23)[CH-]N5c2[c-]c(Oc3[c-]c4c(cc3)c3ccccc3n4-c3cc(C(C)(C)C)ccn3)ccc2)cc([Si](c2ccccc2)(c2ccccc2)c2ccccc2)c1.[Pt]. The fourth-order valence-corrected chi connectivity index (χ4v) is 18.7. The van der Waals surface area contributed by atoms with Gasteiger partial charge in [0, 0.05) is 50.0 Å². The van der Waals surface area contributed by atoms with Gasteiger partial charge in [0.2, 0.25) is 0 Å². The quantitative estimate of drug-likeness (QED) is 0.0821. The van der Waals surface area contributed by atoms with Crippen LogP contribution in [0.4, 0.5) is 11.4 Å². The number of rotatable bonds is 9. The molecule has 4 heterocycles. The summed E-state index contributed by atoms with van der Waals surface area (Å²) >= 11 is 0. The summed E-state index contributed by atoms with van der Waals surface area (Å²) in [5, 5.41) is 14.6. The van der Waals surface area contributed by atoms with Crippen LogP contribution in [0, 0.1) is 18.8 Å². The summed E-state index contributed by atoms with van der Waals surface area (Å²) in [6, 6.07) is 102. The van der Waals surface area contributed by atoms with Crippen LogP contribution in [0.2, 0.25) is 0 Å². The smallest absolute Gasteiger partial charge is 0.179 e. The minimum Gasteiger partial charge on any atom is -0.509 e. The molecule has 1 aliphatic rings. The number of ether oxygens (including phenoxy) is 1. The number of hydrogen-bond donors (Lipinski definition) is 0. The molecule has 0 N–H and O–H groups in total. The molecule has 11 aromatic carbocycles. The molecule has 0 radical (unpaired) electrons. The van der Waals surface area contributed by atoms with Crippen LogP contribution in [0.5, 0.6) is 11.5 Å². The molecule has 0 spiro atoms. The Morgan fingerprint density at radius 2 is 0.945 bits per heavy atom. The van der Waals surface area contributed by atoms with Gasteiger partial charge in [-0.3, -0.25) is 0 Å². The van der Waals surface area contributed by atoms with Gasteiger partial charge in [-0.05, 0) is 144 Å². The molecular weight excluding hydrogens is 1300 g/mol. The second-order valence-corrected chi connectivity index (χ2v) is 31.1. The minimum atomic E-state index is -3.02. The van der Waals surface area contributed by atoms with Gasteiger partial charge in [0.1, 0.15) is 5.82 Å². The molecule has 0 unspecified atom stereocenters. The van der Waals surface area contributed by atoms with Crippen LogP contribution in [0.15, 0.2) is 261 Å². The molecule has 0 fully saturated rings. The first-order valence-corrected chi connectivity index (χ1v) is 33.4. The van der Waals surface area contributed by atoms with E-state index >= 15 is 0 Å². The zero-order valence-electron chi connectivity index (χ0n) is 52.9. The molecule has 0 amide bonds. The molecule has 3 aromatic heterocycles. The number of fused-ring (bicyclic) bond motifs is 10. The van der Waals surface area contributed by atoms with Crippen LogP contribution in [0.25, 0.3) is 82.1 Å². The molecular formula is C84H71N4OPtSi-3. The average molecular weight is 1380 g/mol. The first-order valence-electron chi connectivity index (χ1n) is 31.4. The molecule has 0 atom stereocenters. The fourth-order valence-electron chi connectivity index (χ4n) is 13.9. The number of aromatic nitrogens is 3. The molecule has 450 valence electrons. The van der Waals surface area contributed by atoms with Crippen molar-refractivity contribution in [2.75, 3.05) is 4.90 Å². The molecule has 5 nitrogen and oxygen atoms in total. The number of para-hydroxylation sites is 3. The predicted octanol–water partition coefficient (Wildman–Crippen LogP) is 19.2. The molecule has 15 rings (SSSR count). The monoisotopic (exact) mass is 1370 g/mol. The Morgan fingerprint density at radius 3 is 1.60 bits per heavy atom. The minimum absolute atomic E-state index is 0. The Labute approximate surface area is 549 Å². The third kappa shape index (κ3) is 10.2. The molecule has 0 aliphatic carbocycles. The van der Waals surface area contributed by atoms with Gasteiger partial charge in [0.05, 0.1) is 0 Å². The van der Waals surface area contributed by atoms with Gasteiger partial charge in [-0.25, -0.2) is 4.98 Å². The van der Waals surface area contributed by atoms with Crippen LogP contribution in [-0.2, 0) is 37.3 Å². The van der Waals surface area contributed by atoms with Crippen LogP contribution in [0.3, 0.4) is 0 Å². The molecule has 0 bridgehead atoms. The summed E-state index contributed by atoms with van der Waals surface area (Å²) in [7, 11) is -3.02. The Bertz CT molecular complexity index is 5110. The first-order chi connectivity index (χ1) is 43.5. The Balaban J connectivity index is 0.00000721. The Hall–Kier alpha value is -9.45. The number of pyridine rings is 1. The zero-order valence-corrected chi connectivity index (χ0v) is 56.2. The fraction of sp³-hybridized carbons (Fsp3) is 0.143. The van der Waals surface area contributed by atoms with Gasteiger partial charge < -0.3 is 18.8 Å². The van der Waals surface area contributed by atoms with E-state index in [-0.39, 0.29) is 37.3 Å². The van der Waals surface area contributed by atoms with Crippen LogP contribution >= 0.6 is 0 Å². The summed E-state index contributed by atoms with van der Waals surface area (Å²) in [4.78, 5) is 7.25. The van der Waals surface area contributed by atoms with Gasteiger partial charge in [0.15, 0.2) is 8.07 Å². The van der Waals surface area contributed by atoms with Crippen molar-refractivity contribution in [1.29, 1.82) is 0 Å². The van der Waals surface area contributed by atoms with Crippen molar-refractivity contribution >= 4 is 105 Å². The first kappa shape index (κ1) is 59.2. The topological polar surface area (TPSA) is 35.2 Å². The summed E-state index contributed by atoms with van der Waals surface area (Å²) in [6.45, 7) is 23.0. The normalized spacial score (nSPS) is 12.6. The van der Waals surface area contributed by atoms with Crippen LogP contribution in [0.1, 0.15) is 79.0 Å². The summed E-state index contributed by atoms with van der Waals surface area (Å²) in [5.74, 6) is 2.01. The van der Waals surface area contributed by atoms with Gasteiger partial charge in [-0.2, -0.15) is 12.1 Å². The van der Waals surface area contributed by atoms with E-state index in [1.54, 1.807) is 0 Å². The van der Waals surface area contributed by atoms with Crippen molar-refractivity contribution in [2.45, 2.75) is 78.6 Å². The summed E-state index contributed by atoms with van der Waals surface area (Å²) in [6.07, 6.45) is 1.91. The molecule has 0 saturated heterocycles. The third-order valence-corrected chi connectivity index (χ3v) is 23.3. The van der Waals surface area contributed by atoms with Crippen molar-refractivity contribution in [3.63, 3.8) is 0 Å². The van der Waals surface area contributed by atoms with Crippen molar-refractivity contribution < 1.29 is 25.8 Å². The van der Waals surface area contributed by atoms with Crippen molar-refractivity contribution in [3.05, 3.63) is 296 Å². The van der Waals surface area contributed by atoms with Crippen LogP contribution in [-0.4, -0.2) is 22.2 Å². The van der Waals surface area contributed by atoms with E-state index in [9.17, 15) is 0 Å². The van der Waals surface area contributed by atoms with Crippen molar-refractivity contribution in [2.24, 2.45) is 0 Å². The average Bonchev–Trinajstić information content (AvgIpc) is 1.72. The van der Waals surface area contributed by atoms with Gasteiger partial charge in [-0.15, -0.1) is 35.7 Å². The molecule has 1 aliphatic heterocycles. The van der Waals surface area contributed by atoms with E-state index < -0.39 is 8.07 Å². The zero-order chi connectivity index (χ0) is 61.7. The number of benzene rings is 11. The maximum Gasteiger partial charge on any atom is 0.179 e. The largest absolute Gasteiger partial charge is 0.509 e. The maximum absolute atomic E-state index is 6.93. The van der Waals surface area contributed by atoms with E-state index in [1.807, 2.05) is 18.3 Å². The van der Waals surface area contributed by atoms with Gasteiger partial charge >= 0.3 is 0 Å². The number of anilines is 2. The van der Waals surface area contributed by atoms with Crippen molar-refractivity contribution in [3.8, 4) is 28.4 Å². The number of hydrogen-bond acceptors (Lipinski definition) is 3. The van der Waals surface area contributed by atoms with Crippen molar-refractivity contribution in [1.82, 2.24) is 14.1 Å². The van der Waals surface area contributed by atoms with E-state index in [0.717, 1.165) is 71.9 Å². The summed E-state index contributed by atoms with van der Waals surface area (Å²) < 4.78 is 11.6. The van der Waals surface area contributed by atoms with E-state index in [1.165, 1.54) is 59.0 Å². The maximum atomic E-state index is 6.93. The number of nitrogens with zero attached hydrogens (tertiary/aromatic N) is 4. The standard InChI is InChI=1S/C84H71N4OSi.Pt/c1-82(2,3)57-42-44-70-68-34-19-20-35-69(68)73-38-24-37-67(56-48-59(84(7,8)9)50-66(49-56)90(63-28-13-10-14-29-63,64-30-15-11-16-31-64)65-32-17-12-18-33-65)80(73)87-55-86(77-41-25-39-74(81(77)87)75(70)51-57)60-26-23-27-61(53-60)89-62-43-45-72-71-36-21-22-40-76(71)88(78(72)54-62)79-52-58(46-47-85-79)83(4,5)6;/h10-52,55H,1-9H3;/q-3;. The molecule has 0 saturated carbocycles. The second-order valence-electron chi connectivity index (χ2n) is 27.3. The van der Waals surface area contributed by atoms with Gasteiger partial charge in [-0.1, -0.05) is 274 Å². The Kier molecular flexibility index (Phi) is 14.8. The van der Waals surface area contributed by atoms with E-state index in [2.05, 4.69) is 338 Å². The predicted molar refractivity (Wildman–Crippen MR) is 382 cm³/mol. The van der Waals surface area contributed by atoms with E-state index in [0.29, 0.717) is 11.5 Å². The summed E-state index contributed by atoms with van der Waals surface area (Å²) in [5.41, 5.74) is 11.7. The van der Waals surface area contributed by atoms with E-state index in [4.69, 9.17) is 9.72 Å². The van der Waals surface area contributed by atoms with Gasteiger partial charge in [0.25, 0.3) is 0 Å². The molecule has 14 aromatic rings. The third-order valence-electron chi connectivity index (χ3n) is 18.5. The molecule has 91 heavy (non-hydrogen) atoms. The second kappa shape index (κ2) is 22.8. The Morgan fingerprint density at radius 1 is 0.407 bits per heavy atom. The molecule has 7 heteroatoms.